The van der Waals surface area contributed by atoms with Crippen LogP contribution in [-0.4, -0.2) is 36.4 Å². The Morgan fingerprint density at radius 3 is 2.89 bits per heavy atom. The van der Waals surface area contributed by atoms with Gasteiger partial charge in [-0.2, -0.15) is 0 Å². The molecule has 1 rings (SSSR count). The number of aliphatic hydroxyl groups is 1. The van der Waals surface area contributed by atoms with Crippen molar-refractivity contribution >= 4 is 11.9 Å². The van der Waals surface area contributed by atoms with Crippen LogP contribution in [0.1, 0.15) is 39.0 Å². The summed E-state index contributed by atoms with van der Waals surface area (Å²) in [7, 11) is 0. The first-order valence-electron chi connectivity index (χ1n) is 6.19. The van der Waals surface area contributed by atoms with E-state index in [4.69, 9.17) is 9.84 Å². The van der Waals surface area contributed by atoms with E-state index in [-0.39, 0.29) is 12.6 Å². The molecule has 1 aliphatic heterocycles. The summed E-state index contributed by atoms with van der Waals surface area (Å²) in [6.07, 6.45) is 4.98. The lowest BCUT2D eigenvalue weighted by Crippen LogP contribution is -2.08. The minimum absolute atomic E-state index is 0.0255. The molecule has 0 bridgehead atoms. The molecule has 5 nitrogen and oxygen atoms in total. The average molecular weight is 258 g/mol. The Labute approximate surface area is 108 Å². The van der Waals surface area contributed by atoms with Crippen molar-refractivity contribution in [3.8, 4) is 0 Å². The molecule has 1 heterocycles. The SMILES string of the molecule is C=CC(=O)OCCC(C)O.O=C1CCCCCO1. The zero-order valence-corrected chi connectivity index (χ0v) is 10.9. The Morgan fingerprint density at radius 2 is 2.28 bits per heavy atom. The van der Waals surface area contributed by atoms with Crippen molar-refractivity contribution in [3.63, 3.8) is 0 Å². The van der Waals surface area contributed by atoms with Crippen LogP contribution in [-0.2, 0) is 19.1 Å². The van der Waals surface area contributed by atoms with Crippen LogP contribution in [0.5, 0.6) is 0 Å². The van der Waals surface area contributed by atoms with Crippen LogP contribution in [0, 0.1) is 0 Å². The minimum Gasteiger partial charge on any atom is -0.466 e. The molecule has 0 aromatic carbocycles. The van der Waals surface area contributed by atoms with Crippen LogP contribution < -0.4 is 0 Å². The van der Waals surface area contributed by atoms with Crippen molar-refractivity contribution in [2.24, 2.45) is 0 Å². The Balaban J connectivity index is 0.000000327. The summed E-state index contributed by atoms with van der Waals surface area (Å²) in [6.45, 7) is 5.75. The molecule has 104 valence electrons. The predicted octanol–water partition coefficient (Wildman–Crippen LogP) is 1.59. The second-order valence-electron chi connectivity index (χ2n) is 4.04. The summed E-state index contributed by atoms with van der Waals surface area (Å²) in [5.74, 6) is -0.469. The highest BCUT2D eigenvalue weighted by atomic mass is 16.5. The maximum atomic E-state index is 10.5. The number of carbonyl (C=O) groups is 2. The van der Waals surface area contributed by atoms with Gasteiger partial charge >= 0.3 is 11.9 Å². The molecule has 0 aromatic rings. The third-order valence-electron chi connectivity index (χ3n) is 2.23. The molecule has 1 atom stereocenters. The number of esters is 2. The van der Waals surface area contributed by atoms with E-state index in [1.807, 2.05) is 0 Å². The zero-order valence-electron chi connectivity index (χ0n) is 10.9. The number of aliphatic hydroxyl groups excluding tert-OH is 1. The number of hydrogen-bond donors (Lipinski definition) is 1. The molecular weight excluding hydrogens is 236 g/mol. The Kier molecular flexibility index (Phi) is 9.96. The first-order chi connectivity index (χ1) is 8.56. The summed E-state index contributed by atoms with van der Waals surface area (Å²) in [5, 5.41) is 8.72. The van der Waals surface area contributed by atoms with Gasteiger partial charge < -0.3 is 14.6 Å². The molecule has 1 unspecified atom stereocenters. The van der Waals surface area contributed by atoms with E-state index in [9.17, 15) is 9.59 Å². The number of carbonyl (C=O) groups excluding carboxylic acids is 2. The van der Waals surface area contributed by atoms with Crippen molar-refractivity contribution in [3.05, 3.63) is 12.7 Å². The van der Waals surface area contributed by atoms with Gasteiger partial charge in [0.05, 0.1) is 19.3 Å². The van der Waals surface area contributed by atoms with E-state index in [0.29, 0.717) is 19.4 Å². The van der Waals surface area contributed by atoms with Gasteiger partial charge in [0.15, 0.2) is 0 Å². The van der Waals surface area contributed by atoms with E-state index in [1.165, 1.54) is 0 Å². The van der Waals surface area contributed by atoms with Gasteiger partial charge in [0.1, 0.15) is 0 Å². The van der Waals surface area contributed by atoms with Crippen LogP contribution in [0.4, 0.5) is 0 Å². The number of cyclic esters (lactones) is 1. The van der Waals surface area contributed by atoms with E-state index in [0.717, 1.165) is 25.3 Å². The normalized spacial score (nSPS) is 16.4. The van der Waals surface area contributed by atoms with Gasteiger partial charge in [0, 0.05) is 18.9 Å². The maximum absolute atomic E-state index is 10.5. The van der Waals surface area contributed by atoms with Crippen molar-refractivity contribution < 1.29 is 24.2 Å². The van der Waals surface area contributed by atoms with Crippen LogP contribution >= 0.6 is 0 Å². The molecule has 1 saturated heterocycles. The molecule has 0 amide bonds. The Hall–Kier alpha value is -1.36. The molecule has 1 fully saturated rings. The molecule has 0 aromatic heterocycles. The first kappa shape index (κ1) is 16.6. The van der Waals surface area contributed by atoms with Crippen molar-refractivity contribution in [1.82, 2.24) is 0 Å². The quantitative estimate of drug-likeness (QED) is 0.612. The third kappa shape index (κ3) is 11.1. The number of rotatable bonds is 4. The van der Waals surface area contributed by atoms with Crippen molar-refractivity contribution in [1.29, 1.82) is 0 Å². The van der Waals surface area contributed by atoms with Crippen molar-refractivity contribution in [2.75, 3.05) is 13.2 Å². The van der Waals surface area contributed by atoms with Crippen LogP contribution in [0.2, 0.25) is 0 Å². The van der Waals surface area contributed by atoms with Gasteiger partial charge in [-0.1, -0.05) is 6.58 Å². The van der Waals surface area contributed by atoms with Gasteiger partial charge in [-0.15, -0.1) is 0 Å². The molecule has 0 aliphatic carbocycles. The summed E-state index contributed by atoms with van der Waals surface area (Å²) >= 11 is 0. The highest BCUT2D eigenvalue weighted by molar-refractivity contribution is 5.81. The second kappa shape index (κ2) is 10.8. The molecule has 1 aliphatic rings. The van der Waals surface area contributed by atoms with E-state index in [2.05, 4.69) is 11.3 Å². The van der Waals surface area contributed by atoms with Gasteiger partial charge in [0.25, 0.3) is 0 Å². The van der Waals surface area contributed by atoms with Crippen LogP contribution in [0.3, 0.4) is 0 Å². The zero-order chi connectivity index (χ0) is 13.8. The molecule has 0 saturated carbocycles. The fraction of sp³-hybridized carbons (Fsp3) is 0.692. The van der Waals surface area contributed by atoms with Crippen molar-refractivity contribution in [2.45, 2.75) is 45.1 Å². The molecule has 5 heteroatoms. The lowest BCUT2D eigenvalue weighted by molar-refractivity contribution is -0.142. The highest BCUT2D eigenvalue weighted by Crippen LogP contribution is 2.06. The summed E-state index contributed by atoms with van der Waals surface area (Å²) in [6, 6.07) is 0. The van der Waals surface area contributed by atoms with E-state index in [1.54, 1.807) is 6.92 Å². The van der Waals surface area contributed by atoms with E-state index < -0.39 is 12.1 Å². The summed E-state index contributed by atoms with van der Waals surface area (Å²) in [5.41, 5.74) is 0. The third-order valence-corrected chi connectivity index (χ3v) is 2.23. The van der Waals surface area contributed by atoms with E-state index >= 15 is 0 Å². The monoisotopic (exact) mass is 258 g/mol. The molecule has 18 heavy (non-hydrogen) atoms. The summed E-state index contributed by atoms with van der Waals surface area (Å²) < 4.78 is 9.35. The smallest absolute Gasteiger partial charge is 0.330 e. The standard InChI is InChI=1S/C7H12O3.C6H10O2/c1-3-7(9)10-5-4-6(2)8;7-6-4-2-1-3-5-8-6/h3,6,8H,1,4-5H2,2H3;1-5H2. The fourth-order valence-electron chi connectivity index (χ4n) is 1.20. The number of hydrogen-bond acceptors (Lipinski definition) is 5. The lowest BCUT2D eigenvalue weighted by Gasteiger charge is -2.02. The lowest BCUT2D eigenvalue weighted by atomic mass is 10.2. The fourth-order valence-corrected chi connectivity index (χ4v) is 1.20. The largest absolute Gasteiger partial charge is 0.466 e. The molecule has 1 N–H and O–H groups in total. The number of ether oxygens (including phenoxy) is 2. The topological polar surface area (TPSA) is 72.8 Å². The van der Waals surface area contributed by atoms with Crippen LogP contribution in [0.25, 0.3) is 0 Å². The Bertz CT molecular complexity index is 250. The van der Waals surface area contributed by atoms with Gasteiger partial charge in [-0.3, -0.25) is 4.79 Å². The molecule has 0 spiro atoms. The predicted molar refractivity (Wildman–Crippen MR) is 66.9 cm³/mol. The Morgan fingerprint density at radius 1 is 1.56 bits per heavy atom. The second-order valence-corrected chi connectivity index (χ2v) is 4.04. The van der Waals surface area contributed by atoms with Gasteiger partial charge in [-0.05, 0) is 26.2 Å². The molecular formula is C13H22O5. The molecule has 0 radical (unpaired) electrons. The highest BCUT2D eigenvalue weighted by Gasteiger charge is 2.05. The average Bonchev–Trinajstić information content (AvgIpc) is 2.57. The van der Waals surface area contributed by atoms with Gasteiger partial charge in [0.2, 0.25) is 0 Å². The van der Waals surface area contributed by atoms with Gasteiger partial charge in [-0.25, -0.2) is 4.79 Å². The first-order valence-corrected chi connectivity index (χ1v) is 6.19. The minimum atomic E-state index is -0.444. The summed E-state index contributed by atoms with van der Waals surface area (Å²) in [4.78, 5) is 20.8. The van der Waals surface area contributed by atoms with Crippen LogP contribution in [0.15, 0.2) is 12.7 Å². The maximum Gasteiger partial charge on any atom is 0.330 e.